The molecule has 3 heterocycles. The zero-order chi connectivity index (χ0) is 11.1. The van der Waals surface area contributed by atoms with Crippen LogP contribution in [0.2, 0.25) is 5.15 Å². The third kappa shape index (κ3) is 1.37. The maximum Gasteiger partial charge on any atom is 0.178 e. The number of aromatic nitrogens is 5. The van der Waals surface area contributed by atoms with Crippen molar-refractivity contribution >= 4 is 17.2 Å². The Morgan fingerprint density at radius 1 is 1.38 bits per heavy atom. The minimum Gasteiger partial charge on any atom is -0.303 e. The Kier molecular flexibility index (Phi) is 1.94. The Hall–Kier alpha value is -1.88. The van der Waals surface area contributed by atoms with Crippen LogP contribution in [-0.4, -0.2) is 24.1 Å². The molecule has 0 saturated heterocycles. The van der Waals surface area contributed by atoms with Crippen LogP contribution in [0.3, 0.4) is 0 Å². The van der Waals surface area contributed by atoms with Gasteiger partial charge in [-0.3, -0.25) is 0 Å². The van der Waals surface area contributed by atoms with Crippen LogP contribution in [0.15, 0.2) is 31.0 Å². The van der Waals surface area contributed by atoms with E-state index in [0.29, 0.717) is 5.15 Å². The summed E-state index contributed by atoms with van der Waals surface area (Å²) < 4.78 is 3.53. The molecule has 0 saturated carbocycles. The van der Waals surface area contributed by atoms with Gasteiger partial charge in [0, 0.05) is 18.5 Å². The highest BCUT2D eigenvalue weighted by molar-refractivity contribution is 6.29. The monoisotopic (exact) mass is 233 g/mol. The number of hydrogen-bond acceptors (Lipinski definition) is 3. The predicted molar refractivity (Wildman–Crippen MR) is 59.9 cm³/mol. The molecule has 0 atom stereocenters. The smallest absolute Gasteiger partial charge is 0.178 e. The molecule has 0 bridgehead atoms. The normalized spacial score (nSPS) is 11.1. The van der Waals surface area contributed by atoms with Crippen LogP contribution >= 0.6 is 11.6 Å². The first-order valence-electron chi connectivity index (χ1n) is 4.75. The molecule has 0 aliphatic carbocycles. The van der Waals surface area contributed by atoms with E-state index in [4.69, 9.17) is 11.6 Å². The number of rotatable bonds is 1. The van der Waals surface area contributed by atoms with Gasteiger partial charge < -0.3 is 4.57 Å². The summed E-state index contributed by atoms with van der Waals surface area (Å²) in [5.74, 6) is 0. The van der Waals surface area contributed by atoms with Crippen LogP contribution in [0, 0.1) is 6.92 Å². The van der Waals surface area contributed by atoms with Crippen molar-refractivity contribution in [1.29, 1.82) is 0 Å². The van der Waals surface area contributed by atoms with Crippen LogP contribution < -0.4 is 0 Å². The van der Waals surface area contributed by atoms with Crippen LogP contribution in [-0.2, 0) is 0 Å². The van der Waals surface area contributed by atoms with Crippen LogP contribution in [0.5, 0.6) is 0 Å². The lowest BCUT2D eigenvalue weighted by Gasteiger charge is -2.03. The molecule has 16 heavy (non-hydrogen) atoms. The highest BCUT2D eigenvalue weighted by Gasteiger charge is 2.08. The Morgan fingerprint density at radius 2 is 2.25 bits per heavy atom. The highest BCUT2D eigenvalue weighted by Crippen LogP contribution is 2.18. The third-order valence-corrected chi connectivity index (χ3v) is 2.46. The molecule has 0 spiro atoms. The number of imidazole rings is 2. The Bertz CT molecular complexity index is 641. The van der Waals surface area contributed by atoms with E-state index in [1.165, 1.54) is 0 Å². The molecule has 0 fully saturated rings. The number of halogens is 1. The summed E-state index contributed by atoms with van der Waals surface area (Å²) in [4.78, 5) is 8.41. The van der Waals surface area contributed by atoms with Gasteiger partial charge in [-0.05, 0) is 6.92 Å². The fraction of sp³-hybridized carbons (Fsp3) is 0.100. The minimum absolute atomic E-state index is 0.425. The summed E-state index contributed by atoms with van der Waals surface area (Å²) in [7, 11) is 0. The fourth-order valence-corrected chi connectivity index (χ4v) is 1.82. The molecule has 0 unspecified atom stereocenters. The molecule has 3 rings (SSSR count). The maximum atomic E-state index is 5.96. The molecule has 5 nitrogen and oxygen atoms in total. The number of nitrogens with zero attached hydrogens (tertiary/aromatic N) is 5. The van der Waals surface area contributed by atoms with Crippen molar-refractivity contribution in [3.8, 4) is 5.69 Å². The summed E-state index contributed by atoms with van der Waals surface area (Å²) in [6.07, 6.45) is 7.09. The Morgan fingerprint density at radius 3 is 3.00 bits per heavy atom. The molecule has 0 N–H and O–H groups in total. The molecule has 3 aromatic heterocycles. The van der Waals surface area contributed by atoms with Crippen LogP contribution in [0.1, 0.15) is 5.69 Å². The molecular formula is C10H8ClN5. The molecule has 0 aliphatic rings. The van der Waals surface area contributed by atoms with Gasteiger partial charge in [0.25, 0.3) is 0 Å². The van der Waals surface area contributed by atoms with E-state index in [1.807, 2.05) is 23.9 Å². The lowest BCUT2D eigenvalue weighted by atomic mass is 10.4. The largest absolute Gasteiger partial charge is 0.303 e. The lowest BCUT2D eigenvalue weighted by molar-refractivity contribution is 0.913. The van der Waals surface area contributed by atoms with E-state index < -0.39 is 0 Å². The molecule has 0 radical (unpaired) electrons. The van der Waals surface area contributed by atoms with Gasteiger partial charge in [-0.25, -0.2) is 14.5 Å². The second-order valence-electron chi connectivity index (χ2n) is 3.47. The van der Waals surface area contributed by atoms with Gasteiger partial charge in [0.1, 0.15) is 0 Å². The quantitative estimate of drug-likeness (QED) is 0.645. The molecular weight excluding hydrogens is 226 g/mol. The standard InChI is InChI=1S/C10H8ClN5/c1-7-5-16-10(13-7)8(4-9(11)14-16)15-3-2-12-6-15/h2-6H,1H3. The van der Waals surface area contributed by atoms with E-state index in [0.717, 1.165) is 17.0 Å². The minimum atomic E-state index is 0.425. The number of hydrogen-bond donors (Lipinski definition) is 0. The van der Waals surface area contributed by atoms with E-state index in [2.05, 4.69) is 15.1 Å². The fourth-order valence-electron chi connectivity index (χ4n) is 1.64. The maximum absolute atomic E-state index is 5.96. The van der Waals surface area contributed by atoms with E-state index in [9.17, 15) is 0 Å². The summed E-state index contributed by atoms with van der Waals surface area (Å²) in [5, 5.41) is 4.58. The highest BCUT2D eigenvalue weighted by atomic mass is 35.5. The SMILES string of the molecule is Cc1cn2nc(Cl)cc(-n3ccnc3)c2n1. The van der Waals surface area contributed by atoms with Crippen molar-refractivity contribution in [1.82, 2.24) is 24.1 Å². The van der Waals surface area contributed by atoms with Gasteiger partial charge in [0.05, 0.1) is 23.9 Å². The summed E-state index contributed by atoms with van der Waals surface area (Å²) in [6.45, 7) is 1.92. The molecule has 0 aliphatic heterocycles. The zero-order valence-electron chi connectivity index (χ0n) is 8.50. The number of aryl methyl sites for hydroxylation is 1. The van der Waals surface area contributed by atoms with Gasteiger partial charge in [0.15, 0.2) is 10.8 Å². The van der Waals surface area contributed by atoms with E-state index in [-0.39, 0.29) is 0 Å². The van der Waals surface area contributed by atoms with Crippen molar-refractivity contribution in [2.75, 3.05) is 0 Å². The second kappa shape index (κ2) is 3.31. The molecule has 6 heteroatoms. The average molecular weight is 234 g/mol. The van der Waals surface area contributed by atoms with Crippen LogP contribution in [0.25, 0.3) is 11.3 Å². The molecule has 80 valence electrons. The van der Waals surface area contributed by atoms with Crippen molar-refractivity contribution in [2.24, 2.45) is 0 Å². The second-order valence-corrected chi connectivity index (χ2v) is 3.86. The first kappa shape index (κ1) is 9.35. The number of fused-ring (bicyclic) bond motifs is 1. The van der Waals surface area contributed by atoms with Gasteiger partial charge in [-0.1, -0.05) is 11.6 Å². The van der Waals surface area contributed by atoms with Gasteiger partial charge in [-0.2, -0.15) is 5.10 Å². The topological polar surface area (TPSA) is 48.0 Å². The third-order valence-electron chi connectivity index (χ3n) is 2.28. The van der Waals surface area contributed by atoms with E-state index >= 15 is 0 Å². The Labute approximate surface area is 96.3 Å². The van der Waals surface area contributed by atoms with Crippen molar-refractivity contribution in [3.05, 3.63) is 41.8 Å². The van der Waals surface area contributed by atoms with Gasteiger partial charge in [0.2, 0.25) is 0 Å². The van der Waals surface area contributed by atoms with Crippen molar-refractivity contribution < 1.29 is 0 Å². The lowest BCUT2D eigenvalue weighted by Crippen LogP contribution is -1.99. The molecule has 3 aromatic rings. The molecule has 0 aromatic carbocycles. The van der Waals surface area contributed by atoms with Gasteiger partial charge >= 0.3 is 0 Å². The van der Waals surface area contributed by atoms with Crippen molar-refractivity contribution in [3.63, 3.8) is 0 Å². The van der Waals surface area contributed by atoms with Crippen molar-refractivity contribution in [2.45, 2.75) is 6.92 Å². The predicted octanol–water partition coefficient (Wildman–Crippen LogP) is 1.88. The summed E-state index contributed by atoms with van der Waals surface area (Å²) in [6, 6.07) is 1.77. The molecule has 0 amide bonds. The average Bonchev–Trinajstić information content (AvgIpc) is 2.83. The summed E-state index contributed by atoms with van der Waals surface area (Å²) in [5.41, 5.74) is 2.53. The van der Waals surface area contributed by atoms with Gasteiger partial charge in [-0.15, -0.1) is 0 Å². The Balaban J connectivity index is 2.38. The first-order valence-corrected chi connectivity index (χ1v) is 5.13. The van der Waals surface area contributed by atoms with E-state index in [1.54, 1.807) is 23.1 Å². The zero-order valence-corrected chi connectivity index (χ0v) is 9.26. The summed E-state index contributed by atoms with van der Waals surface area (Å²) >= 11 is 5.96. The first-order chi connectivity index (χ1) is 7.74. The van der Waals surface area contributed by atoms with Crippen LogP contribution in [0.4, 0.5) is 0 Å².